The number of para-hydroxylation sites is 2. The van der Waals surface area contributed by atoms with Gasteiger partial charge in [0.25, 0.3) is 0 Å². The van der Waals surface area contributed by atoms with Crippen molar-refractivity contribution in [2.45, 2.75) is 61.5 Å². The number of nitrogens with zero attached hydrogens (tertiary/aromatic N) is 2. The van der Waals surface area contributed by atoms with E-state index in [4.69, 9.17) is 14.7 Å². The molecule has 2 aliphatic rings. The number of hydrogen-bond donors (Lipinski definition) is 1. The Morgan fingerprint density at radius 3 is 2.13 bits per heavy atom. The van der Waals surface area contributed by atoms with Gasteiger partial charge < -0.3 is 4.74 Å². The lowest BCUT2D eigenvalue weighted by Gasteiger charge is -2.34. The van der Waals surface area contributed by atoms with Crippen LogP contribution in [0.4, 0.5) is 0 Å². The van der Waals surface area contributed by atoms with Gasteiger partial charge in [-0.25, -0.2) is 8.42 Å². The molecule has 0 saturated heterocycles. The first-order chi connectivity index (χ1) is 14.8. The van der Waals surface area contributed by atoms with E-state index < -0.39 is 27.2 Å². The van der Waals surface area contributed by atoms with Gasteiger partial charge in [-0.1, -0.05) is 43.5 Å². The molecule has 2 aromatic carbocycles. The monoisotopic (exact) mass is 441 g/mol. The molecular formula is C23H27N3O4S. The Balaban J connectivity index is 1.53. The quantitative estimate of drug-likeness (QED) is 0.694. The van der Waals surface area contributed by atoms with Crippen molar-refractivity contribution in [2.24, 2.45) is 9.98 Å². The molecule has 0 atom stereocenters. The molecule has 0 bridgehead atoms. The van der Waals surface area contributed by atoms with Gasteiger partial charge in [-0.2, -0.15) is 4.72 Å². The maximum atomic E-state index is 13.0. The van der Waals surface area contributed by atoms with E-state index in [2.05, 4.69) is 4.72 Å². The highest BCUT2D eigenvalue weighted by atomic mass is 32.2. The van der Waals surface area contributed by atoms with Crippen molar-refractivity contribution in [1.29, 1.82) is 0 Å². The van der Waals surface area contributed by atoms with Crippen molar-refractivity contribution >= 4 is 16.0 Å². The van der Waals surface area contributed by atoms with Crippen molar-refractivity contribution in [3.8, 4) is 0 Å². The standard InChI is InChI=1S/C23H27N3O4S/c1-22(24-19-8-4-5-9-20(19)25-22)16-17-10-12-18(13-11-17)31(28,29)26-23(21(27)30-2)14-6-3-7-15-23/h4-5,8-13,26H,3,6-7,14-16H2,1-2H3. The van der Waals surface area contributed by atoms with Crippen LogP contribution >= 0.6 is 0 Å². The molecule has 1 fully saturated rings. The molecule has 1 heterocycles. The molecule has 164 valence electrons. The average Bonchev–Trinajstić information content (AvgIpc) is 3.09. The maximum absolute atomic E-state index is 13.0. The van der Waals surface area contributed by atoms with Crippen LogP contribution in [0.15, 0.2) is 63.4 Å². The van der Waals surface area contributed by atoms with E-state index in [-0.39, 0.29) is 4.90 Å². The second-order valence-corrected chi connectivity index (χ2v) is 10.2. The minimum absolute atomic E-state index is 0.124. The van der Waals surface area contributed by atoms with Gasteiger partial charge in [-0.15, -0.1) is 0 Å². The third kappa shape index (κ3) is 4.41. The Morgan fingerprint density at radius 1 is 1.00 bits per heavy atom. The molecule has 31 heavy (non-hydrogen) atoms. The minimum atomic E-state index is -3.87. The van der Waals surface area contributed by atoms with Crippen molar-refractivity contribution in [1.82, 2.24) is 4.72 Å². The summed E-state index contributed by atoms with van der Waals surface area (Å²) >= 11 is 0. The van der Waals surface area contributed by atoms with Crippen LogP contribution in [0.3, 0.4) is 0 Å². The number of hydrogen-bond acceptors (Lipinski definition) is 6. The molecule has 8 heteroatoms. The van der Waals surface area contributed by atoms with Crippen molar-refractivity contribution < 1.29 is 17.9 Å². The molecule has 1 N–H and O–H groups in total. The molecule has 1 aliphatic heterocycles. The number of ether oxygens (including phenoxy) is 1. The van der Waals surface area contributed by atoms with E-state index in [1.165, 1.54) is 7.11 Å². The fraction of sp³-hybridized carbons (Fsp3) is 0.435. The lowest BCUT2D eigenvalue weighted by atomic mass is 9.83. The van der Waals surface area contributed by atoms with Crippen LogP contribution in [0.2, 0.25) is 0 Å². The van der Waals surface area contributed by atoms with Gasteiger partial charge in [0, 0.05) is 6.42 Å². The summed E-state index contributed by atoms with van der Waals surface area (Å²) in [6.45, 7) is 1.96. The lowest BCUT2D eigenvalue weighted by molar-refractivity contribution is -0.149. The highest BCUT2D eigenvalue weighted by molar-refractivity contribution is 7.89. The summed E-state index contributed by atoms with van der Waals surface area (Å²) in [6, 6.07) is 14.4. The Labute approximate surface area is 182 Å². The van der Waals surface area contributed by atoms with Crippen molar-refractivity contribution in [2.75, 3.05) is 7.11 Å². The second kappa shape index (κ2) is 8.16. The molecule has 0 aromatic heterocycles. The van der Waals surface area contributed by atoms with Crippen LogP contribution in [0.1, 0.15) is 44.6 Å². The Hall–Kier alpha value is -2.58. The van der Waals surface area contributed by atoms with Gasteiger partial charge >= 0.3 is 5.97 Å². The van der Waals surface area contributed by atoms with E-state index in [0.717, 1.165) is 35.5 Å². The Morgan fingerprint density at radius 2 is 1.58 bits per heavy atom. The number of methoxy groups -OCH3 is 1. The molecular weight excluding hydrogens is 414 g/mol. The fourth-order valence-electron chi connectivity index (χ4n) is 4.46. The summed E-state index contributed by atoms with van der Waals surface area (Å²) in [6.07, 6.45) is 3.99. The number of rotatable bonds is 6. The predicted octanol–water partition coefficient (Wildman–Crippen LogP) is 2.05. The molecule has 0 amide bonds. The van der Waals surface area contributed by atoms with Gasteiger partial charge in [-0.05, 0) is 49.6 Å². The normalized spacial score (nSPS) is 19.0. The van der Waals surface area contributed by atoms with E-state index in [9.17, 15) is 13.2 Å². The topological polar surface area (TPSA) is 97.2 Å². The summed E-state index contributed by atoms with van der Waals surface area (Å²) in [5.74, 6) is -0.524. The van der Waals surface area contributed by atoms with Crippen LogP contribution < -0.4 is 15.4 Å². The van der Waals surface area contributed by atoms with Gasteiger partial charge in [0.05, 0.1) is 22.7 Å². The highest BCUT2D eigenvalue weighted by Crippen LogP contribution is 2.31. The van der Waals surface area contributed by atoms with Crippen molar-refractivity contribution in [3.05, 3.63) is 64.8 Å². The highest BCUT2D eigenvalue weighted by Gasteiger charge is 2.44. The van der Waals surface area contributed by atoms with Crippen LogP contribution in [0, 0.1) is 0 Å². The smallest absolute Gasteiger partial charge is 0.327 e. The largest absolute Gasteiger partial charge is 0.468 e. The van der Waals surface area contributed by atoms with E-state index in [1.807, 2.05) is 31.2 Å². The van der Waals surface area contributed by atoms with Gasteiger partial charge in [0.1, 0.15) is 5.54 Å². The van der Waals surface area contributed by atoms with Crippen LogP contribution in [0.25, 0.3) is 0 Å². The van der Waals surface area contributed by atoms with E-state index >= 15 is 0 Å². The maximum Gasteiger partial charge on any atom is 0.327 e. The van der Waals surface area contributed by atoms with Crippen LogP contribution in [-0.2, 0) is 26.0 Å². The van der Waals surface area contributed by atoms with Crippen molar-refractivity contribution in [3.63, 3.8) is 0 Å². The number of sulfonamides is 1. The Kier molecular flexibility index (Phi) is 5.70. The van der Waals surface area contributed by atoms with E-state index in [1.54, 1.807) is 24.3 Å². The Bertz CT molecular complexity index is 1170. The summed E-state index contributed by atoms with van der Waals surface area (Å²) in [7, 11) is -2.58. The number of carbonyl (C=O) groups excluding carboxylic acids is 1. The number of esters is 1. The first-order valence-corrected chi connectivity index (χ1v) is 12.0. The molecule has 4 rings (SSSR count). The third-order valence-electron chi connectivity index (χ3n) is 5.99. The van der Waals surface area contributed by atoms with Gasteiger partial charge in [-0.3, -0.25) is 14.8 Å². The first kappa shape index (κ1) is 21.6. The zero-order valence-corrected chi connectivity index (χ0v) is 18.6. The zero-order valence-electron chi connectivity index (χ0n) is 17.8. The first-order valence-electron chi connectivity index (χ1n) is 10.5. The average molecular weight is 442 g/mol. The predicted molar refractivity (Wildman–Crippen MR) is 115 cm³/mol. The molecule has 1 aliphatic carbocycles. The fourth-order valence-corrected chi connectivity index (χ4v) is 5.88. The number of fused-ring (bicyclic) bond motifs is 1. The molecule has 2 aromatic rings. The molecule has 0 spiro atoms. The van der Waals surface area contributed by atoms with Crippen LogP contribution in [-0.4, -0.2) is 32.7 Å². The van der Waals surface area contributed by atoms with E-state index in [0.29, 0.717) is 19.3 Å². The second-order valence-electron chi connectivity index (χ2n) is 8.49. The lowest BCUT2D eigenvalue weighted by Crippen LogP contribution is -2.55. The summed E-state index contributed by atoms with van der Waals surface area (Å²) in [5.41, 5.74) is -0.868. The third-order valence-corrected chi connectivity index (χ3v) is 7.54. The molecule has 0 unspecified atom stereocenters. The zero-order chi connectivity index (χ0) is 22.1. The van der Waals surface area contributed by atoms with Crippen LogP contribution in [0.5, 0.6) is 0 Å². The van der Waals surface area contributed by atoms with Gasteiger partial charge in [0.2, 0.25) is 10.0 Å². The molecule has 1 saturated carbocycles. The molecule has 7 nitrogen and oxygen atoms in total. The number of benzene rings is 2. The minimum Gasteiger partial charge on any atom is -0.468 e. The number of carbonyl (C=O) groups is 1. The SMILES string of the molecule is COC(=O)C1(NS(=O)(=O)c2ccc(CC3(C)N=c4ccccc4=N3)cc2)CCCCC1. The summed E-state index contributed by atoms with van der Waals surface area (Å²) < 4.78 is 33.6. The summed E-state index contributed by atoms with van der Waals surface area (Å²) in [5, 5.41) is 1.74. The summed E-state index contributed by atoms with van der Waals surface area (Å²) in [4.78, 5) is 22.0. The number of nitrogens with one attached hydrogen (secondary N) is 1. The molecule has 0 radical (unpaired) electrons. The van der Waals surface area contributed by atoms with Gasteiger partial charge in [0.15, 0.2) is 5.66 Å².